The number of allylic oxidation sites excluding steroid dienone is 1. The summed E-state index contributed by atoms with van der Waals surface area (Å²) in [6.07, 6.45) is 0. The third kappa shape index (κ3) is 3.32. The lowest BCUT2D eigenvalue weighted by Crippen LogP contribution is -1.94. The molecule has 0 N–H and O–H groups in total. The van der Waals surface area contributed by atoms with Crippen molar-refractivity contribution in [3.63, 3.8) is 0 Å². The van der Waals surface area contributed by atoms with E-state index in [1.165, 1.54) is 7.11 Å². The zero-order chi connectivity index (χ0) is 11.3. The van der Waals surface area contributed by atoms with Gasteiger partial charge in [0.2, 0.25) is 0 Å². The zero-order valence-electron chi connectivity index (χ0n) is 8.83. The molecule has 0 bridgehead atoms. The van der Waals surface area contributed by atoms with E-state index in [1.54, 1.807) is 0 Å². The molecule has 0 atom stereocenters. The van der Waals surface area contributed by atoms with Gasteiger partial charge in [0.05, 0.1) is 7.11 Å². The molecule has 15 heavy (non-hydrogen) atoms. The molecule has 0 radical (unpaired) electrons. The maximum atomic E-state index is 10.8. The summed E-state index contributed by atoms with van der Waals surface area (Å²) >= 11 is 0. The number of benzene rings is 1. The SMILES string of the molecule is C=C(C)c1ccc(C#CC(=O)OC)cc1. The number of hydrogen-bond acceptors (Lipinski definition) is 2. The van der Waals surface area contributed by atoms with E-state index in [-0.39, 0.29) is 0 Å². The molecule has 2 nitrogen and oxygen atoms in total. The van der Waals surface area contributed by atoms with Crippen LogP contribution in [0.4, 0.5) is 0 Å². The van der Waals surface area contributed by atoms with E-state index in [4.69, 9.17) is 0 Å². The van der Waals surface area contributed by atoms with Gasteiger partial charge in [-0.25, -0.2) is 4.79 Å². The lowest BCUT2D eigenvalue weighted by atomic mass is 10.1. The lowest BCUT2D eigenvalue weighted by Gasteiger charge is -1.98. The standard InChI is InChI=1S/C13H12O2/c1-10(2)12-7-4-11(5-8-12)6-9-13(14)15-3/h4-5,7-8H,1H2,2-3H3. The van der Waals surface area contributed by atoms with Crippen LogP contribution in [0.25, 0.3) is 5.57 Å². The molecule has 0 amide bonds. The van der Waals surface area contributed by atoms with E-state index >= 15 is 0 Å². The highest BCUT2D eigenvalue weighted by Gasteiger charge is 1.93. The first kappa shape index (κ1) is 11.1. The van der Waals surface area contributed by atoms with Crippen LogP contribution in [0.2, 0.25) is 0 Å². The summed E-state index contributed by atoms with van der Waals surface area (Å²) in [6, 6.07) is 7.53. The first-order valence-electron chi connectivity index (χ1n) is 4.49. The minimum absolute atomic E-state index is 0.529. The zero-order valence-corrected chi connectivity index (χ0v) is 8.83. The first-order valence-corrected chi connectivity index (χ1v) is 4.49. The van der Waals surface area contributed by atoms with Gasteiger partial charge in [-0.3, -0.25) is 0 Å². The Bertz CT molecular complexity index is 430. The maximum absolute atomic E-state index is 10.8. The number of rotatable bonds is 1. The van der Waals surface area contributed by atoms with Crippen molar-refractivity contribution in [1.82, 2.24) is 0 Å². The number of carbonyl (C=O) groups is 1. The molecule has 2 heteroatoms. The highest BCUT2D eigenvalue weighted by molar-refractivity contribution is 5.89. The van der Waals surface area contributed by atoms with Crippen LogP contribution in [0.5, 0.6) is 0 Å². The van der Waals surface area contributed by atoms with Gasteiger partial charge in [0.25, 0.3) is 0 Å². The number of methoxy groups -OCH3 is 1. The predicted molar refractivity (Wildman–Crippen MR) is 60.0 cm³/mol. The summed E-state index contributed by atoms with van der Waals surface area (Å²) in [5.74, 6) is 4.54. The molecule has 0 unspecified atom stereocenters. The Balaban J connectivity index is 2.84. The van der Waals surface area contributed by atoms with Gasteiger partial charge in [-0.05, 0) is 24.6 Å². The van der Waals surface area contributed by atoms with Crippen LogP contribution in [0.15, 0.2) is 30.8 Å². The van der Waals surface area contributed by atoms with E-state index in [9.17, 15) is 4.79 Å². The van der Waals surface area contributed by atoms with Gasteiger partial charge in [-0.2, -0.15) is 0 Å². The van der Waals surface area contributed by atoms with E-state index in [2.05, 4.69) is 23.2 Å². The molecule has 0 saturated carbocycles. The Morgan fingerprint density at radius 3 is 2.40 bits per heavy atom. The summed E-state index contributed by atoms with van der Waals surface area (Å²) in [7, 11) is 1.31. The number of hydrogen-bond donors (Lipinski definition) is 0. The van der Waals surface area contributed by atoms with Crippen LogP contribution in [-0.2, 0) is 9.53 Å². The monoisotopic (exact) mass is 200 g/mol. The summed E-state index contributed by atoms with van der Waals surface area (Å²) in [4.78, 5) is 10.8. The molecule has 0 aromatic heterocycles. The normalized spacial score (nSPS) is 8.67. The molecule has 0 heterocycles. The summed E-state index contributed by atoms with van der Waals surface area (Å²) in [5.41, 5.74) is 2.85. The van der Waals surface area contributed by atoms with Gasteiger partial charge in [0.1, 0.15) is 0 Å². The fourth-order valence-corrected chi connectivity index (χ4v) is 1.01. The van der Waals surface area contributed by atoms with Crippen LogP contribution >= 0.6 is 0 Å². The molecule has 76 valence electrons. The Labute approximate surface area is 89.6 Å². The molecule has 0 spiro atoms. The fourth-order valence-electron chi connectivity index (χ4n) is 1.01. The highest BCUT2D eigenvalue weighted by atomic mass is 16.5. The van der Waals surface area contributed by atoms with Crippen molar-refractivity contribution in [2.45, 2.75) is 6.92 Å². The molecular weight excluding hydrogens is 188 g/mol. The maximum Gasteiger partial charge on any atom is 0.384 e. The Morgan fingerprint density at radius 2 is 1.93 bits per heavy atom. The van der Waals surface area contributed by atoms with Crippen molar-refractivity contribution < 1.29 is 9.53 Å². The third-order valence-electron chi connectivity index (χ3n) is 1.87. The van der Waals surface area contributed by atoms with Crippen LogP contribution in [-0.4, -0.2) is 13.1 Å². The van der Waals surface area contributed by atoms with Crippen molar-refractivity contribution >= 4 is 11.5 Å². The summed E-state index contributed by atoms with van der Waals surface area (Å²) in [6.45, 7) is 5.77. The number of carbonyl (C=O) groups excluding carboxylic acids is 1. The van der Waals surface area contributed by atoms with Crippen molar-refractivity contribution in [3.8, 4) is 11.8 Å². The largest absolute Gasteiger partial charge is 0.459 e. The predicted octanol–water partition coefficient (Wildman–Crippen LogP) is 2.24. The fraction of sp³-hybridized carbons (Fsp3) is 0.154. The van der Waals surface area contributed by atoms with Crippen molar-refractivity contribution in [2.75, 3.05) is 7.11 Å². The third-order valence-corrected chi connectivity index (χ3v) is 1.87. The highest BCUT2D eigenvalue weighted by Crippen LogP contribution is 2.11. The average molecular weight is 200 g/mol. The Morgan fingerprint density at radius 1 is 1.33 bits per heavy atom. The molecular formula is C13H12O2. The minimum Gasteiger partial charge on any atom is -0.459 e. The number of ether oxygens (including phenoxy) is 1. The smallest absolute Gasteiger partial charge is 0.384 e. The van der Waals surface area contributed by atoms with Crippen LogP contribution < -0.4 is 0 Å². The molecule has 0 fully saturated rings. The first-order chi connectivity index (χ1) is 7.13. The number of esters is 1. The molecule has 1 aromatic carbocycles. The molecule has 0 aliphatic heterocycles. The van der Waals surface area contributed by atoms with E-state index < -0.39 is 5.97 Å². The Kier molecular flexibility index (Phi) is 3.70. The van der Waals surface area contributed by atoms with E-state index in [0.717, 1.165) is 16.7 Å². The van der Waals surface area contributed by atoms with Crippen molar-refractivity contribution in [3.05, 3.63) is 42.0 Å². The molecule has 0 saturated heterocycles. The van der Waals surface area contributed by atoms with Crippen molar-refractivity contribution in [2.24, 2.45) is 0 Å². The summed E-state index contributed by atoms with van der Waals surface area (Å²) < 4.78 is 4.41. The van der Waals surface area contributed by atoms with Gasteiger partial charge >= 0.3 is 5.97 Å². The van der Waals surface area contributed by atoms with Crippen LogP contribution in [0.1, 0.15) is 18.1 Å². The van der Waals surface area contributed by atoms with E-state index in [0.29, 0.717) is 0 Å². The average Bonchev–Trinajstić information content (AvgIpc) is 2.26. The second-order valence-electron chi connectivity index (χ2n) is 3.10. The minimum atomic E-state index is -0.529. The topological polar surface area (TPSA) is 26.3 Å². The molecule has 0 aliphatic carbocycles. The van der Waals surface area contributed by atoms with Gasteiger partial charge in [-0.15, -0.1) is 0 Å². The molecule has 0 aliphatic rings. The van der Waals surface area contributed by atoms with Gasteiger partial charge in [0.15, 0.2) is 0 Å². The second-order valence-corrected chi connectivity index (χ2v) is 3.10. The Hall–Kier alpha value is -2.01. The molecule has 1 rings (SSSR count). The van der Waals surface area contributed by atoms with Gasteiger partial charge in [-0.1, -0.05) is 30.2 Å². The molecule has 1 aromatic rings. The quantitative estimate of drug-likeness (QED) is 0.513. The summed E-state index contributed by atoms with van der Waals surface area (Å²) in [5, 5.41) is 0. The van der Waals surface area contributed by atoms with Crippen LogP contribution in [0, 0.1) is 11.8 Å². The van der Waals surface area contributed by atoms with Gasteiger partial charge in [0, 0.05) is 11.5 Å². The van der Waals surface area contributed by atoms with E-state index in [1.807, 2.05) is 31.2 Å². The van der Waals surface area contributed by atoms with Gasteiger partial charge < -0.3 is 4.74 Å². The van der Waals surface area contributed by atoms with Crippen molar-refractivity contribution in [1.29, 1.82) is 0 Å². The van der Waals surface area contributed by atoms with Crippen LogP contribution in [0.3, 0.4) is 0 Å². The lowest BCUT2D eigenvalue weighted by molar-refractivity contribution is -0.133. The second kappa shape index (κ2) is 5.02.